The molecule has 0 bridgehead atoms. The fraction of sp³-hybridized carbons (Fsp3) is 0.737. The van der Waals surface area contributed by atoms with Crippen molar-refractivity contribution < 1.29 is 34.2 Å². The van der Waals surface area contributed by atoms with Crippen LogP contribution in [0.5, 0.6) is 0 Å². The maximum absolute atomic E-state index is 12.9. The van der Waals surface area contributed by atoms with E-state index in [1.54, 1.807) is 13.8 Å². The van der Waals surface area contributed by atoms with E-state index in [1.807, 2.05) is 0 Å². The van der Waals surface area contributed by atoms with Gasteiger partial charge in [0.05, 0.1) is 12.5 Å². The predicted octanol–water partition coefficient (Wildman–Crippen LogP) is -1.00. The monoisotopic (exact) mass is 426 g/mol. The summed E-state index contributed by atoms with van der Waals surface area (Å²) >= 11 is 0. The van der Waals surface area contributed by atoms with Crippen molar-refractivity contribution in [3.8, 4) is 0 Å². The number of aliphatic carboxylic acids is 2. The molecule has 3 amide bonds. The molecule has 0 aromatic heterocycles. The van der Waals surface area contributed by atoms with E-state index in [9.17, 15) is 34.2 Å². The molecule has 2 fully saturated rings. The standard InChI is InChI=1S/C19H30N4O7/c1-10(2)15(20)18(28)22-7-3-5-12(22)16(26)21-11(9-14(24)25)17(27)23-8-4-6-13(23)19(29)30/h10-13,15H,3-9,20H2,1-2H3,(H,21,26)(H,24,25)(H,29,30)/t11-,12-,13-,15-/m0/s1. The number of nitrogens with two attached hydrogens (primary N) is 1. The summed E-state index contributed by atoms with van der Waals surface area (Å²) in [6.45, 7) is 4.12. The van der Waals surface area contributed by atoms with E-state index < -0.39 is 54.3 Å². The van der Waals surface area contributed by atoms with Gasteiger partial charge < -0.3 is 31.1 Å². The van der Waals surface area contributed by atoms with Crippen molar-refractivity contribution in [1.82, 2.24) is 15.1 Å². The lowest BCUT2D eigenvalue weighted by atomic mass is 10.0. The number of hydrogen-bond acceptors (Lipinski definition) is 6. The van der Waals surface area contributed by atoms with E-state index >= 15 is 0 Å². The third-order valence-electron chi connectivity index (χ3n) is 5.66. The summed E-state index contributed by atoms with van der Waals surface area (Å²) < 4.78 is 0. The zero-order valence-electron chi connectivity index (χ0n) is 17.2. The quantitative estimate of drug-likeness (QED) is 0.383. The maximum atomic E-state index is 12.9. The maximum Gasteiger partial charge on any atom is 0.326 e. The van der Waals surface area contributed by atoms with E-state index in [4.69, 9.17) is 5.73 Å². The number of nitrogens with one attached hydrogen (secondary N) is 1. The van der Waals surface area contributed by atoms with Gasteiger partial charge in [0.1, 0.15) is 18.1 Å². The number of carbonyl (C=O) groups excluding carboxylic acids is 3. The zero-order chi connectivity index (χ0) is 22.6. The molecule has 11 nitrogen and oxygen atoms in total. The van der Waals surface area contributed by atoms with Crippen molar-refractivity contribution in [3.05, 3.63) is 0 Å². The van der Waals surface area contributed by atoms with Crippen molar-refractivity contribution >= 4 is 29.7 Å². The third-order valence-corrected chi connectivity index (χ3v) is 5.66. The van der Waals surface area contributed by atoms with Gasteiger partial charge in [0.2, 0.25) is 17.7 Å². The molecular formula is C19H30N4O7. The van der Waals surface area contributed by atoms with Crippen molar-refractivity contribution in [2.24, 2.45) is 11.7 Å². The minimum atomic E-state index is -1.41. The number of carbonyl (C=O) groups is 5. The molecule has 2 saturated heterocycles. The molecule has 2 rings (SSSR count). The molecule has 4 atom stereocenters. The van der Waals surface area contributed by atoms with Crippen LogP contribution in [0, 0.1) is 5.92 Å². The highest BCUT2D eigenvalue weighted by Gasteiger charge is 2.41. The van der Waals surface area contributed by atoms with Crippen LogP contribution in [0.3, 0.4) is 0 Å². The third kappa shape index (κ3) is 5.26. The van der Waals surface area contributed by atoms with E-state index in [0.29, 0.717) is 25.8 Å². The largest absolute Gasteiger partial charge is 0.481 e. The Labute approximate surface area is 174 Å². The highest BCUT2D eigenvalue weighted by atomic mass is 16.4. The van der Waals surface area contributed by atoms with Crippen LogP contribution in [-0.4, -0.2) is 86.9 Å². The molecule has 0 radical (unpaired) electrons. The molecule has 30 heavy (non-hydrogen) atoms. The Morgan fingerprint density at radius 3 is 2.00 bits per heavy atom. The average Bonchev–Trinajstić information content (AvgIpc) is 3.34. The first-order valence-electron chi connectivity index (χ1n) is 10.2. The lowest BCUT2D eigenvalue weighted by Gasteiger charge is -2.30. The molecule has 0 spiro atoms. The van der Waals surface area contributed by atoms with Gasteiger partial charge in [-0.05, 0) is 31.6 Å². The van der Waals surface area contributed by atoms with Gasteiger partial charge in [-0.1, -0.05) is 13.8 Å². The summed E-state index contributed by atoms with van der Waals surface area (Å²) in [5.41, 5.74) is 5.93. The first-order chi connectivity index (χ1) is 14.0. The second kappa shape index (κ2) is 9.88. The van der Waals surface area contributed by atoms with Gasteiger partial charge in [-0.2, -0.15) is 0 Å². The zero-order valence-corrected chi connectivity index (χ0v) is 17.2. The Balaban J connectivity index is 2.14. The van der Waals surface area contributed by atoms with Crippen LogP contribution in [0.25, 0.3) is 0 Å². The van der Waals surface area contributed by atoms with Crippen LogP contribution in [-0.2, 0) is 24.0 Å². The molecule has 5 N–H and O–H groups in total. The van der Waals surface area contributed by atoms with Gasteiger partial charge in [-0.15, -0.1) is 0 Å². The molecule has 11 heteroatoms. The number of carboxylic acids is 2. The van der Waals surface area contributed by atoms with E-state index in [0.717, 1.165) is 4.90 Å². The number of nitrogens with zero attached hydrogens (tertiary/aromatic N) is 2. The smallest absolute Gasteiger partial charge is 0.326 e. The van der Waals surface area contributed by atoms with Crippen LogP contribution >= 0.6 is 0 Å². The van der Waals surface area contributed by atoms with Gasteiger partial charge in [0.15, 0.2) is 0 Å². The molecule has 168 valence electrons. The fourth-order valence-corrected chi connectivity index (χ4v) is 3.91. The number of rotatable bonds is 8. The first-order valence-corrected chi connectivity index (χ1v) is 10.2. The topological polar surface area (TPSA) is 170 Å². The second-order valence-electron chi connectivity index (χ2n) is 8.15. The molecule has 0 aromatic carbocycles. The van der Waals surface area contributed by atoms with Crippen molar-refractivity contribution in [1.29, 1.82) is 0 Å². The van der Waals surface area contributed by atoms with Crippen LogP contribution in [0.1, 0.15) is 46.0 Å². The fourth-order valence-electron chi connectivity index (χ4n) is 3.91. The van der Waals surface area contributed by atoms with Gasteiger partial charge in [-0.25, -0.2) is 4.79 Å². The van der Waals surface area contributed by atoms with Crippen molar-refractivity contribution in [3.63, 3.8) is 0 Å². The number of hydrogen-bond donors (Lipinski definition) is 4. The van der Waals surface area contributed by atoms with Crippen molar-refractivity contribution in [2.75, 3.05) is 13.1 Å². The Hall–Kier alpha value is -2.69. The Kier molecular flexibility index (Phi) is 7.77. The number of amides is 3. The highest BCUT2D eigenvalue weighted by molar-refractivity contribution is 5.96. The second-order valence-corrected chi connectivity index (χ2v) is 8.15. The molecule has 2 heterocycles. The summed E-state index contributed by atoms with van der Waals surface area (Å²) in [4.78, 5) is 63.4. The van der Waals surface area contributed by atoms with Crippen LogP contribution in [0.4, 0.5) is 0 Å². The van der Waals surface area contributed by atoms with Gasteiger partial charge in [0, 0.05) is 13.1 Å². The molecule has 0 unspecified atom stereocenters. The lowest BCUT2D eigenvalue weighted by molar-refractivity contribution is -0.151. The van der Waals surface area contributed by atoms with Crippen LogP contribution < -0.4 is 11.1 Å². The predicted molar refractivity (Wildman–Crippen MR) is 104 cm³/mol. The first kappa shape index (κ1) is 23.6. The average molecular weight is 426 g/mol. The molecule has 0 aromatic rings. The number of carboxylic acid groups (broad SMARTS) is 2. The summed E-state index contributed by atoms with van der Waals surface area (Å²) in [5, 5.41) is 20.9. The van der Waals surface area contributed by atoms with Gasteiger partial charge >= 0.3 is 11.9 Å². The Morgan fingerprint density at radius 1 is 0.967 bits per heavy atom. The minimum Gasteiger partial charge on any atom is -0.481 e. The van der Waals surface area contributed by atoms with Crippen LogP contribution in [0.15, 0.2) is 0 Å². The molecular weight excluding hydrogens is 396 g/mol. The van der Waals surface area contributed by atoms with E-state index in [1.165, 1.54) is 4.90 Å². The molecule has 2 aliphatic rings. The molecule has 0 aliphatic carbocycles. The highest BCUT2D eigenvalue weighted by Crippen LogP contribution is 2.22. The van der Waals surface area contributed by atoms with E-state index in [-0.39, 0.29) is 24.8 Å². The Morgan fingerprint density at radius 2 is 1.50 bits per heavy atom. The normalized spacial score (nSPS) is 23.3. The molecule has 2 aliphatic heterocycles. The summed E-state index contributed by atoms with van der Waals surface area (Å²) in [6.07, 6.45) is 1.03. The summed E-state index contributed by atoms with van der Waals surface area (Å²) in [5.74, 6) is -4.34. The molecule has 0 saturated carbocycles. The Bertz CT molecular complexity index is 711. The van der Waals surface area contributed by atoms with Crippen molar-refractivity contribution in [2.45, 2.75) is 70.1 Å². The SMILES string of the molecule is CC(C)[C@H](N)C(=O)N1CCC[C@H]1C(=O)N[C@@H](CC(=O)O)C(=O)N1CCC[C@H]1C(=O)O. The van der Waals surface area contributed by atoms with Gasteiger partial charge in [0.25, 0.3) is 0 Å². The van der Waals surface area contributed by atoms with Gasteiger partial charge in [-0.3, -0.25) is 19.2 Å². The lowest BCUT2D eigenvalue weighted by Crippen LogP contribution is -2.57. The minimum absolute atomic E-state index is 0.119. The summed E-state index contributed by atoms with van der Waals surface area (Å²) in [6, 6.07) is -4.07. The van der Waals surface area contributed by atoms with E-state index in [2.05, 4.69) is 5.32 Å². The number of likely N-dealkylation sites (tertiary alicyclic amines) is 2. The summed E-state index contributed by atoms with van der Waals surface area (Å²) in [7, 11) is 0. The van der Waals surface area contributed by atoms with Crippen LogP contribution in [0.2, 0.25) is 0 Å².